The van der Waals surface area contributed by atoms with E-state index in [9.17, 15) is 37.5 Å². The fourth-order valence-corrected chi connectivity index (χ4v) is 3.79. The fourth-order valence-electron chi connectivity index (χ4n) is 3.79. The van der Waals surface area contributed by atoms with Crippen molar-refractivity contribution in [1.29, 1.82) is 0 Å². The van der Waals surface area contributed by atoms with Crippen molar-refractivity contribution >= 4 is 23.8 Å². The maximum atomic E-state index is 14.1. The Balaban J connectivity index is 1.63. The molecule has 1 saturated heterocycles. The Kier molecular flexibility index (Phi) is 9.10. The highest BCUT2D eigenvalue weighted by atomic mass is 19.2. The van der Waals surface area contributed by atoms with Gasteiger partial charge < -0.3 is 24.8 Å². The number of aryl methyl sites for hydroxylation is 1. The maximum absolute atomic E-state index is 14.1. The van der Waals surface area contributed by atoms with E-state index in [0.29, 0.717) is 31.2 Å². The molecule has 1 heterocycles. The van der Waals surface area contributed by atoms with Gasteiger partial charge in [-0.3, -0.25) is 14.4 Å². The van der Waals surface area contributed by atoms with E-state index in [0.717, 1.165) is 0 Å². The van der Waals surface area contributed by atoms with Gasteiger partial charge in [0.15, 0.2) is 23.2 Å². The van der Waals surface area contributed by atoms with Gasteiger partial charge in [-0.25, -0.2) is 13.6 Å². The van der Waals surface area contributed by atoms with Crippen LogP contribution in [0.3, 0.4) is 0 Å². The summed E-state index contributed by atoms with van der Waals surface area (Å²) in [5.74, 6) is -8.89. The van der Waals surface area contributed by atoms with Crippen LogP contribution in [0.2, 0.25) is 0 Å². The second-order valence-corrected chi connectivity index (χ2v) is 8.51. The van der Waals surface area contributed by atoms with Crippen LogP contribution in [-0.2, 0) is 14.4 Å². The van der Waals surface area contributed by atoms with Crippen molar-refractivity contribution in [3.63, 3.8) is 0 Å². The van der Waals surface area contributed by atoms with E-state index in [2.05, 4.69) is 5.32 Å². The van der Waals surface area contributed by atoms with Gasteiger partial charge in [-0.05, 0) is 43.5 Å². The van der Waals surface area contributed by atoms with Gasteiger partial charge in [0.1, 0.15) is 18.4 Å². The Hall–Kier alpha value is -4.09. The summed E-state index contributed by atoms with van der Waals surface area (Å²) in [7, 11) is 0. The average molecular weight is 522 g/mol. The molecule has 2 aromatic carbocycles. The molecule has 0 unspecified atom stereocenters. The molecule has 12 heteroatoms. The molecule has 1 aliphatic rings. The maximum Gasteiger partial charge on any atom is 0.415 e. The van der Waals surface area contributed by atoms with Crippen molar-refractivity contribution in [2.45, 2.75) is 32.2 Å². The van der Waals surface area contributed by atoms with E-state index in [1.807, 2.05) is 0 Å². The highest BCUT2D eigenvalue weighted by Crippen LogP contribution is 2.27. The van der Waals surface area contributed by atoms with E-state index in [1.165, 1.54) is 11.8 Å². The number of nitrogens with zero attached hydrogens (tertiary/aromatic N) is 1. The Morgan fingerprint density at radius 3 is 2.51 bits per heavy atom. The molecule has 0 radical (unpaired) electrons. The third-order valence-electron chi connectivity index (χ3n) is 5.74. The van der Waals surface area contributed by atoms with Crippen LogP contribution in [0.15, 0.2) is 36.4 Å². The molecule has 1 aliphatic heterocycles. The van der Waals surface area contributed by atoms with E-state index in [1.54, 1.807) is 30.3 Å². The van der Waals surface area contributed by atoms with Gasteiger partial charge in [-0.15, -0.1) is 0 Å². The summed E-state index contributed by atoms with van der Waals surface area (Å²) >= 11 is 0. The number of likely N-dealkylation sites (tertiary alicyclic amines) is 1. The number of carboxylic acids is 1. The van der Waals surface area contributed by atoms with Crippen LogP contribution >= 0.6 is 0 Å². The smallest absolute Gasteiger partial charge is 0.415 e. The lowest BCUT2D eigenvalue weighted by molar-refractivity contribution is -0.141. The Labute approximate surface area is 210 Å². The number of piperidine rings is 1. The topological polar surface area (TPSA) is 122 Å². The summed E-state index contributed by atoms with van der Waals surface area (Å²) in [6.45, 7) is 0.462. The van der Waals surface area contributed by atoms with Gasteiger partial charge in [0.05, 0.1) is 12.3 Å². The predicted molar refractivity (Wildman–Crippen MR) is 123 cm³/mol. The van der Waals surface area contributed by atoms with Crippen LogP contribution in [0.5, 0.6) is 11.5 Å². The number of carbonyl (C=O) groups is 4. The van der Waals surface area contributed by atoms with Gasteiger partial charge in [-0.2, -0.15) is 4.39 Å². The Morgan fingerprint density at radius 1 is 1.14 bits per heavy atom. The first kappa shape index (κ1) is 27.5. The summed E-state index contributed by atoms with van der Waals surface area (Å²) in [4.78, 5) is 50.5. The molecule has 0 aliphatic carbocycles. The molecule has 2 N–H and O–H groups in total. The van der Waals surface area contributed by atoms with Crippen molar-refractivity contribution in [1.82, 2.24) is 10.2 Å². The molecule has 0 bridgehead atoms. The van der Waals surface area contributed by atoms with E-state index in [-0.39, 0.29) is 12.1 Å². The van der Waals surface area contributed by atoms with Gasteiger partial charge in [0.2, 0.25) is 11.7 Å². The molecule has 2 aromatic rings. The van der Waals surface area contributed by atoms with E-state index < -0.39 is 71.9 Å². The molecule has 1 fully saturated rings. The number of benzene rings is 2. The summed E-state index contributed by atoms with van der Waals surface area (Å²) in [6, 6.07) is 7.36. The minimum absolute atomic E-state index is 0.0268. The number of para-hydroxylation sites is 1. The van der Waals surface area contributed by atoms with Gasteiger partial charge >= 0.3 is 12.1 Å². The number of rotatable bonds is 9. The number of Topliss-reactive ketones (excluding diaryl/α,β-unsaturated/α-hetero) is 1. The van der Waals surface area contributed by atoms with Gasteiger partial charge in [-0.1, -0.05) is 18.2 Å². The number of hydrogen-bond donors (Lipinski definition) is 2. The SMILES string of the molecule is Cc1cc(F)c(F)c(OCC(=O)[C@H](CC(=O)O)NC(=O)[C@@H]2CCCN(C(=O)Oc3ccccc3)C2)c1F. The normalized spacial score (nSPS) is 16.0. The number of ketones is 1. The first-order valence-electron chi connectivity index (χ1n) is 11.4. The number of hydrogen-bond acceptors (Lipinski definition) is 6. The number of carboxylic acid groups (broad SMARTS) is 1. The first-order chi connectivity index (χ1) is 17.6. The second kappa shape index (κ2) is 12.2. The van der Waals surface area contributed by atoms with Crippen LogP contribution in [0.4, 0.5) is 18.0 Å². The summed E-state index contributed by atoms with van der Waals surface area (Å²) in [5.41, 5.74) is -0.260. The number of carbonyl (C=O) groups excluding carboxylic acids is 3. The minimum Gasteiger partial charge on any atom is -0.481 e. The Bertz CT molecular complexity index is 1150. The summed E-state index contributed by atoms with van der Waals surface area (Å²) < 4.78 is 51.8. The van der Waals surface area contributed by atoms with Crippen LogP contribution in [0.1, 0.15) is 24.8 Å². The molecule has 198 valence electrons. The number of halogens is 3. The molecule has 2 atom stereocenters. The first-order valence-corrected chi connectivity index (χ1v) is 11.4. The largest absolute Gasteiger partial charge is 0.481 e. The molecule has 2 amide bonds. The second-order valence-electron chi connectivity index (χ2n) is 8.51. The lowest BCUT2D eigenvalue weighted by Crippen LogP contribution is -2.51. The lowest BCUT2D eigenvalue weighted by atomic mass is 9.96. The molecule has 37 heavy (non-hydrogen) atoms. The standard InChI is InChI=1S/C25H25F3N2O7/c1-14-10-17(26)22(28)23(21(14)27)36-13-19(31)18(11-20(32)33)29-24(34)15-6-5-9-30(12-15)25(35)37-16-7-3-2-4-8-16/h2-4,7-8,10,15,18H,5-6,9,11-13H2,1H3,(H,29,34)(H,32,33)/t15-,18+/m1/s1. The van der Waals surface area contributed by atoms with Crippen molar-refractivity contribution < 1.29 is 46.9 Å². The molecule has 9 nitrogen and oxygen atoms in total. The van der Waals surface area contributed by atoms with Crippen molar-refractivity contribution in [3.8, 4) is 11.5 Å². The zero-order valence-corrected chi connectivity index (χ0v) is 19.8. The average Bonchev–Trinajstić information content (AvgIpc) is 2.87. The van der Waals surface area contributed by atoms with Crippen LogP contribution < -0.4 is 14.8 Å². The van der Waals surface area contributed by atoms with Crippen LogP contribution in [-0.4, -0.2) is 59.5 Å². The zero-order chi connectivity index (χ0) is 27.1. The van der Waals surface area contributed by atoms with Gasteiger partial charge in [0.25, 0.3) is 0 Å². The van der Waals surface area contributed by atoms with E-state index >= 15 is 0 Å². The highest BCUT2D eigenvalue weighted by Gasteiger charge is 2.33. The molecule has 0 spiro atoms. The third kappa shape index (κ3) is 7.21. The predicted octanol–water partition coefficient (Wildman–Crippen LogP) is 3.23. The number of aliphatic carboxylic acids is 1. The molecular formula is C25H25F3N2O7. The van der Waals surface area contributed by atoms with Crippen molar-refractivity contribution in [2.75, 3.05) is 19.7 Å². The molecule has 0 aromatic heterocycles. The molecule has 0 saturated carbocycles. The highest BCUT2D eigenvalue weighted by molar-refractivity contribution is 5.93. The minimum atomic E-state index is -1.64. The van der Waals surface area contributed by atoms with Crippen LogP contribution in [0.25, 0.3) is 0 Å². The Morgan fingerprint density at radius 2 is 1.84 bits per heavy atom. The number of amides is 2. The summed E-state index contributed by atoms with van der Waals surface area (Å²) in [5, 5.41) is 11.5. The fraction of sp³-hybridized carbons (Fsp3) is 0.360. The lowest BCUT2D eigenvalue weighted by Gasteiger charge is -2.32. The monoisotopic (exact) mass is 522 g/mol. The number of ether oxygens (including phenoxy) is 2. The summed E-state index contributed by atoms with van der Waals surface area (Å²) in [6.07, 6.45) is -0.664. The van der Waals surface area contributed by atoms with Gasteiger partial charge in [0, 0.05) is 13.1 Å². The van der Waals surface area contributed by atoms with Crippen LogP contribution in [0, 0.1) is 30.3 Å². The van der Waals surface area contributed by atoms with E-state index in [4.69, 9.17) is 9.47 Å². The molecule has 3 rings (SSSR count). The number of nitrogens with one attached hydrogen (secondary N) is 1. The van der Waals surface area contributed by atoms with Crippen molar-refractivity contribution in [2.24, 2.45) is 5.92 Å². The molecular weight excluding hydrogens is 497 g/mol. The van der Waals surface area contributed by atoms with Crippen molar-refractivity contribution in [3.05, 3.63) is 59.4 Å². The third-order valence-corrected chi connectivity index (χ3v) is 5.74. The zero-order valence-electron chi connectivity index (χ0n) is 19.8. The quantitative estimate of drug-likeness (QED) is 0.485.